The summed E-state index contributed by atoms with van der Waals surface area (Å²) in [6.45, 7) is 0. The first-order chi connectivity index (χ1) is 21.4. The Morgan fingerprint density at radius 2 is 0.696 bits per heavy atom. The standard InChI is InChI=1S/C20H26N2O2.C10H16Cl2O2.C5H5N.2ClH/c23-19(21-15-9-5-10-16-21)13-7-3-1-2-4-8-14-20(24)22-17-11-6-12-18-22;11-9(13)7-5-3-1-2-4-6-8-10(12)14;1-2-4-6-5-3-1;;/h5-6,9-12,15-18H,1-4,7-8,13-14H2;1-8H2;1-5H;2*1H/q+2;;;;/p-2. The predicted molar refractivity (Wildman–Crippen MR) is 174 cm³/mol. The van der Waals surface area contributed by atoms with Gasteiger partial charge in [0.15, 0.2) is 24.8 Å². The number of hydrogen-bond acceptors (Lipinski definition) is 5. The predicted octanol–water partition coefficient (Wildman–Crippen LogP) is 2.09. The van der Waals surface area contributed by atoms with E-state index in [9.17, 15) is 19.2 Å². The van der Waals surface area contributed by atoms with Crippen molar-refractivity contribution in [2.75, 3.05) is 0 Å². The third-order valence-electron chi connectivity index (χ3n) is 6.60. The molecule has 11 heteroatoms. The molecule has 46 heavy (non-hydrogen) atoms. The summed E-state index contributed by atoms with van der Waals surface area (Å²) in [5.74, 6) is 0.308. The lowest BCUT2D eigenvalue weighted by Crippen LogP contribution is -3.00. The molecule has 3 aromatic rings. The first-order valence-corrected chi connectivity index (χ1v) is 16.4. The molecule has 0 radical (unpaired) electrons. The first-order valence-electron chi connectivity index (χ1n) is 15.6. The fourth-order valence-corrected chi connectivity index (χ4v) is 4.46. The molecular formula is C35H47Cl4N3O4. The average Bonchev–Trinajstić information content (AvgIpc) is 3.05. The van der Waals surface area contributed by atoms with Crippen LogP contribution >= 0.6 is 23.2 Å². The summed E-state index contributed by atoms with van der Waals surface area (Å²) < 4.78 is 3.29. The lowest BCUT2D eigenvalue weighted by atomic mass is 10.1. The minimum Gasteiger partial charge on any atom is -1.00 e. The Morgan fingerprint density at radius 3 is 0.957 bits per heavy atom. The van der Waals surface area contributed by atoms with Crippen molar-refractivity contribution in [3.05, 3.63) is 91.8 Å². The van der Waals surface area contributed by atoms with E-state index in [1.165, 1.54) is 0 Å². The van der Waals surface area contributed by atoms with E-state index in [-0.39, 0.29) is 47.1 Å². The summed E-state index contributed by atoms with van der Waals surface area (Å²) in [7, 11) is 0. The SMILES string of the molecule is O=C(CCCCCCCCC(=O)[n+]1ccccc1)[n+]1ccccc1.O=C(Cl)CCCCCCCCC(=O)Cl.[Cl-].[Cl-].c1ccncc1. The average molecular weight is 716 g/mol. The van der Waals surface area contributed by atoms with Gasteiger partial charge >= 0.3 is 11.8 Å². The summed E-state index contributed by atoms with van der Waals surface area (Å²) >= 11 is 10.4. The van der Waals surface area contributed by atoms with Crippen LogP contribution in [0.1, 0.15) is 112 Å². The molecule has 0 N–H and O–H groups in total. The molecule has 0 unspecified atom stereocenters. The summed E-state index contributed by atoms with van der Waals surface area (Å²) in [5, 5.41) is -0.504. The van der Waals surface area contributed by atoms with Gasteiger partial charge in [-0.3, -0.25) is 14.6 Å². The van der Waals surface area contributed by atoms with Crippen LogP contribution in [-0.2, 0) is 9.59 Å². The van der Waals surface area contributed by atoms with E-state index < -0.39 is 0 Å². The highest BCUT2D eigenvalue weighted by atomic mass is 35.5. The number of pyridine rings is 3. The van der Waals surface area contributed by atoms with Gasteiger partial charge in [-0.2, -0.15) is 0 Å². The lowest BCUT2D eigenvalue weighted by molar-refractivity contribution is -0.575. The molecule has 254 valence electrons. The fourth-order valence-electron chi connectivity index (χ4n) is 4.20. The molecule has 0 amide bonds. The number of carbonyl (C=O) groups is 4. The maximum Gasteiger partial charge on any atom is 0.392 e. The molecule has 0 aliphatic rings. The molecule has 3 aromatic heterocycles. The Labute approximate surface area is 296 Å². The molecule has 0 bridgehead atoms. The van der Waals surface area contributed by atoms with Crippen molar-refractivity contribution in [3.63, 3.8) is 0 Å². The number of halogens is 4. The second-order valence-corrected chi connectivity index (χ2v) is 11.2. The minimum absolute atomic E-state index is 0. The van der Waals surface area contributed by atoms with Crippen LogP contribution in [0.5, 0.6) is 0 Å². The molecule has 0 aliphatic heterocycles. The van der Waals surface area contributed by atoms with Gasteiger partial charge in [-0.15, -0.1) is 9.13 Å². The molecule has 3 rings (SSSR count). The smallest absolute Gasteiger partial charge is 0.392 e. The van der Waals surface area contributed by atoms with Crippen molar-refractivity contribution in [2.45, 2.75) is 103 Å². The van der Waals surface area contributed by atoms with Crippen LogP contribution in [-0.4, -0.2) is 27.3 Å². The van der Waals surface area contributed by atoms with E-state index in [0.29, 0.717) is 25.7 Å². The number of nitrogens with zero attached hydrogens (tertiary/aromatic N) is 3. The zero-order chi connectivity index (χ0) is 32.1. The van der Waals surface area contributed by atoms with Crippen molar-refractivity contribution < 1.29 is 53.1 Å². The summed E-state index contributed by atoms with van der Waals surface area (Å²) in [6, 6.07) is 17.0. The Hall–Kier alpha value is -2.71. The Balaban J connectivity index is 0. The summed E-state index contributed by atoms with van der Waals surface area (Å²) in [4.78, 5) is 48.3. The highest BCUT2D eigenvalue weighted by Crippen LogP contribution is 2.10. The van der Waals surface area contributed by atoms with Gasteiger partial charge in [-0.25, -0.2) is 9.59 Å². The fraction of sp³-hybridized carbons (Fsp3) is 0.457. The highest BCUT2D eigenvalue weighted by molar-refractivity contribution is 6.63. The lowest BCUT2D eigenvalue weighted by Gasteiger charge is -2.00. The number of rotatable bonds is 18. The van der Waals surface area contributed by atoms with E-state index in [1.807, 2.05) is 54.6 Å². The molecule has 7 nitrogen and oxygen atoms in total. The largest absolute Gasteiger partial charge is 1.00 e. The third kappa shape index (κ3) is 27.6. The molecule has 0 spiro atoms. The van der Waals surface area contributed by atoms with Gasteiger partial charge in [-0.1, -0.05) is 69.6 Å². The van der Waals surface area contributed by atoms with E-state index >= 15 is 0 Å². The van der Waals surface area contributed by atoms with Crippen LogP contribution in [0.15, 0.2) is 91.8 Å². The van der Waals surface area contributed by atoms with E-state index in [1.54, 1.807) is 46.3 Å². The second-order valence-electron chi connectivity index (χ2n) is 10.3. The molecule has 0 fully saturated rings. The van der Waals surface area contributed by atoms with Gasteiger partial charge in [0.05, 0.1) is 12.8 Å². The van der Waals surface area contributed by atoms with Gasteiger partial charge in [0.2, 0.25) is 10.5 Å². The van der Waals surface area contributed by atoms with Crippen molar-refractivity contribution >= 4 is 45.5 Å². The Morgan fingerprint density at radius 1 is 0.413 bits per heavy atom. The first kappa shape index (κ1) is 45.4. The van der Waals surface area contributed by atoms with Crippen LogP contribution in [0.25, 0.3) is 0 Å². The van der Waals surface area contributed by atoms with E-state index in [4.69, 9.17) is 23.2 Å². The zero-order valence-electron chi connectivity index (χ0n) is 26.5. The van der Waals surface area contributed by atoms with Crippen LogP contribution in [0.3, 0.4) is 0 Å². The topological polar surface area (TPSA) is 88.9 Å². The van der Waals surface area contributed by atoms with Gasteiger partial charge in [-0.05, 0) is 61.0 Å². The van der Waals surface area contributed by atoms with Gasteiger partial charge in [0.25, 0.3) is 0 Å². The minimum atomic E-state index is -0.252. The third-order valence-corrected chi connectivity index (χ3v) is 6.98. The van der Waals surface area contributed by atoms with Crippen LogP contribution in [0, 0.1) is 0 Å². The molecule has 0 aliphatic carbocycles. The van der Waals surface area contributed by atoms with Crippen LogP contribution in [0.4, 0.5) is 0 Å². The van der Waals surface area contributed by atoms with Crippen LogP contribution in [0.2, 0.25) is 0 Å². The number of carbonyl (C=O) groups excluding carboxylic acids is 4. The van der Waals surface area contributed by atoms with Crippen molar-refractivity contribution in [2.24, 2.45) is 0 Å². The molecule has 3 heterocycles. The van der Waals surface area contributed by atoms with Crippen LogP contribution < -0.4 is 33.9 Å². The Kier molecular flexibility index (Phi) is 31.8. The van der Waals surface area contributed by atoms with E-state index in [2.05, 4.69) is 4.98 Å². The molecule has 0 atom stereocenters. The number of unbranched alkanes of at least 4 members (excludes halogenated alkanes) is 10. The molecular weight excluding hydrogens is 668 g/mol. The summed E-state index contributed by atoms with van der Waals surface area (Å²) in [5.41, 5.74) is 0. The van der Waals surface area contributed by atoms with Crippen molar-refractivity contribution in [3.8, 4) is 0 Å². The monoisotopic (exact) mass is 713 g/mol. The van der Waals surface area contributed by atoms with Gasteiger partial charge < -0.3 is 24.8 Å². The normalized spacial score (nSPS) is 9.61. The number of hydrogen-bond donors (Lipinski definition) is 0. The van der Waals surface area contributed by atoms with Gasteiger partial charge in [0, 0.05) is 49.5 Å². The maximum absolute atomic E-state index is 11.9. The van der Waals surface area contributed by atoms with E-state index in [0.717, 1.165) is 77.0 Å². The highest BCUT2D eigenvalue weighted by Gasteiger charge is 2.13. The quantitative estimate of drug-likeness (QED) is 0.115. The van der Waals surface area contributed by atoms with Crippen molar-refractivity contribution in [1.29, 1.82) is 0 Å². The van der Waals surface area contributed by atoms with Crippen molar-refractivity contribution in [1.82, 2.24) is 4.98 Å². The molecule has 0 saturated carbocycles. The maximum atomic E-state index is 11.9. The number of aromatic nitrogens is 3. The molecule has 0 saturated heterocycles. The molecule has 0 aromatic carbocycles. The second kappa shape index (κ2) is 32.2. The summed E-state index contributed by atoms with van der Waals surface area (Å²) in [6.07, 6.45) is 25.1. The Bertz CT molecular complexity index is 1070. The van der Waals surface area contributed by atoms with Gasteiger partial charge in [0.1, 0.15) is 0 Å². The zero-order valence-corrected chi connectivity index (χ0v) is 29.5.